The fourth-order valence-electron chi connectivity index (χ4n) is 1.87. The van der Waals surface area contributed by atoms with Gasteiger partial charge in [-0.25, -0.2) is 9.98 Å². The van der Waals surface area contributed by atoms with Gasteiger partial charge in [-0.05, 0) is 31.4 Å². The Morgan fingerprint density at radius 3 is 2.43 bits per heavy atom. The van der Waals surface area contributed by atoms with Crippen molar-refractivity contribution in [3.05, 3.63) is 71.5 Å². The molecule has 0 heterocycles. The number of amidine groups is 1. The summed E-state index contributed by atoms with van der Waals surface area (Å²) in [5.74, 6) is 0.768. The van der Waals surface area contributed by atoms with Gasteiger partial charge >= 0.3 is 0 Å². The van der Waals surface area contributed by atoms with Gasteiger partial charge in [0.05, 0.1) is 5.70 Å². The molecule has 0 amide bonds. The molecule has 1 aromatic carbocycles. The lowest BCUT2D eigenvalue weighted by molar-refractivity contribution is 1.19. The zero-order valence-corrected chi connectivity index (χ0v) is 13.4. The van der Waals surface area contributed by atoms with Crippen LogP contribution in [0.4, 0.5) is 0 Å². The fourth-order valence-corrected chi connectivity index (χ4v) is 1.87. The largest absolute Gasteiger partial charge is 0.241 e. The summed E-state index contributed by atoms with van der Waals surface area (Å²) in [6.07, 6.45) is 11.1. The van der Waals surface area contributed by atoms with Gasteiger partial charge in [0.1, 0.15) is 5.84 Å². The van der Waals surface area contributed by atoms with Gasteiger partial charge in [-0.2, -0.15) is 0 Å². The minimum atomic E-state index is 0.768. The normalized spacial score (nSPS) is 15.0. The van der Waals surface area contributed by atoms with Crippen molar-refractivity contribution in [2.75, 3.05) is 0 Å². The van der Waals surface area contributed by atoms with Crippen LogP contribution in [0.2, 0.25) is 0 Å². The smallest absolute Gasteiger partial charge is 0.125 e. The molecule has 0 unspecified atom stereocenters. The molecule has 0 saturated carbocycles. The molecule has 1 aliphatic carbocycles. The summed E-state index contributed by atoms with van der Waals surface area (Å²) in [5.41, 5.74) is 3.34. The lowest BCUT2D eigenvalue weighted by Gasteiger charge is -2.02. The predicted molar refractivity (Wildman–Crippen MR) is 94.1 cm³/mol. The Morgan fingerprint density at radius 2 is 1.86 bits per heavy atom. The summed E-state index contributed by atoms with van der Waals surface area (Å²) in [6, 6.07) is 10.0. The maximum absolute atomic E-state index is 4.56. The minimum Gasteiger partial charge on any atom is -0.241 e. The molecule has 0 atom stereocenters. The molecule has 0 aromatic heterocycles. The van der Waals surface area contributed by atoms with Crippen LogP contribution in [0.15, 0.2) is 75.9 Å². The topological polar surface area (TPSA) is 24.7 Å². The maximum atomic E-state index is 4.56. The maximum Gasteiger partial charge on any atom is 0.125 e. The van der Waals surface area contributed by atoms with Gasteiger partial charge in [0.25, 0.3) is 0 Å². The third-order valence-electron chi connectivity index (χ3n) is 2.86. The summed E-state index contributed by atoms with van der Waals surface area (Å²) in [5, 5.41) is 0. The molecule has 2 nitrogen and oxygen atoms in total. The molecule has 1 aromatic rings. The summed E-state index contributed by atoms with van der Waals surface area (Å²) in [6.45, 7) is 7.93. The molecular weight excluding hydrogens is 256 g/mol. The molecule has 0 saturated heterocycles. The number of benzene rings is 1. The van der Waals surface area contributed by atoms with E-state index in [1.165, 1.54) is 5.57 Å². The third-order valence-corrected chi connectivity index (χ3v) is 2.86. The number of allylic oxidation sites excluding steroid dienone is 5. The van der Waals surface area contributed by atoms with Crippen LogP contribution in [0.3, 0.4) is 0 Å². The first-order chi connectivity index (χ1) is 10.3. The van der Waals surface area contributed by atoms with Crippen LogP contribution in [-0.4, -0.2) is 12.1 Å². The van der Waals surface area contributed by atoms with Crippen molar-refractivity contribution in [3.8, 4) is 0 Å². The van der Waals surface area contributed by atoms with Crippen LogP contribution in [-0.2, 0) is 0 Å². The van der Waals surface area contributed by atoms with E-state index in [-0.39, 0.29) is 0 Å². The molecule has 110 valence electrons. The molecule has 2 rings (SSSR count). The number of nitrogens with zero attached hydrogens (tertiary/aromatic N) is 2. The lowest BCUT2D eigenvalue weighted by Crippen LogP contribution is -1.92. The van der Waals surface area contributed by atoms with E-state index in [1.807, 2.05) is 70.3 Å². The van der Waals surface area contributed by atoms with E-state index in [9.17, 15) is 0 Å². The third kappa shape index (κ3) is 5.74. The Balaban J connectivity index is 0.00000106. The van der Waals surface area contributed by atoms with Gasteiger partial charge in [-0.3, -0.25) is 0 Å². The molecule has 21 heavy (non-hydrogen) atoms. The highest BCUT2D eigenvalue weighted by Crippen LogP contribution is 2.20. The molecule has 0 aliphatic heterocycles. The van der Waals surface area contributed by atoms with E-state index in [4.69, 9.17) is 0 Å². The number of rotatable bonds is 3. The van der Waals surface area contributed by atoms with E-state index in [0.717, 1.165) is 23.5 Å². The first-order valence-corrected chi connectivity index (χ1v) is 7.46. The monoisotopic (exact) mass is 280 g/mol. The summed E-state index contributed by atoms with van der Waals surface area (Å²) < 4.78 is 0. The second-order valence-electron chi connectivity index (χ2n) is 4.33. The SMILES string of the molecule is C/C=C(\N=C(C)N=Cc1ccccc1)C1=CC=CC1.CC. The first-order valence-electron chi connectivity index (χ1n) is 7.46. The highest BCUT2D eigenvalue weighted by molar-refractivity contribution is 5.94. The van der Waals surface area contributed by atoms with Crippen molar-refractivity contribution >= 4 is 12.1 Å². The molecule has 0 radical (unpaired) electrons. The van der Waals surface area contributed by atoms with Crippen LogP contribution >= 0.6 is 0 Å². The van der Waals surface area contributed by atoms with Crippen LogP contribution in [0, 0.1) is 0 Å². The quantitative estimate of drug-likeness (QED) is 0.527. The van der Waals surface area contributed by atoms with Crippen molar-refractivity contribution in [1.29, 1.82) is 0 Å². The highest BCUT2D eigenvalue weighted by Gasteiger charge is 2.04. The Morgan fingerprint density at radius 1 is 1.14 bits per heavy atom. The number of hydrogen-bond acceptors (Lipinski definition) is 1. The van der Waals surface area contributed by atoms with Gasteiger partial charge in [0.15, 0.2) is 0 Å². The van der Waals surface area contributed by atoms with E-state index in [2.05, 4.69) is 28.2 Å². The van der Waals surface area contributed by atoms with Gasteiger partial charge < -0.3 is 0 Å². The van der Waals surface area contributed by atoms with Crippen LogP contribution in [0.1, 0.15) is 39.7 Å². The highest BCUT2D eigenvalue weighted by atomic mass is 14.9. The van der Waals surface area contributed by atoms with Crippen molar-refractivity contribution < 1.29 is 0 Å². The summed E-state index contributed by atoms with van der Waals surface area (Å²) >= 11 is 0. The lowest BCUT2D eigenvalue weighted by atomic mass is 10.1. The zero-order chi connectivity index (χ0) is 15.5. The Labute approximate surface area is 128 Å². The zero-order valence-electron chi connectivity index (χ0n) is 13.4. The minimum absolute atomic E-state index is 0.768. The van der Waals surface area contributed by atoms with Crippen LogP contribution in [0.25, 0.3) is 0 Å². The Bertz CT molecular complexity index is 573. The Hall–Kier alpha value is -2.22. The predicted octanol–water partition coefficient (Wildman–Crippen LogP) is 5.34. The van der Waals surface area contributed by atoms with Crippen LogP contribution < -0.4 is 0 Å². The van der Waals surface area contributed by atoms with Gasteiger partial charge in [-0.15, -0.1) is 0 Å². The van der Waals surface area contributed by atoms with E-state index < -0.39 is 0 Å². The average Bonchev–Trinajstić information content (AvgIpc) is 3.08. The van der Waals surface area contributed by atoms with Crippen molar-refractivity contribution in [2.24, 2.45) is 9.98 Å². The van der Waals surface area contributed by atoms with Gasteiger partial charge in [-0.1, -0.05) is 68.5 Å². The molecule has 0 N–H and O–H groups in total. The summed E-state index contributed by atoms with van der Waals surface area (Å²) in [7, 11) is 0. The van der Waals surface area contributed by atoms with Crippen LogP contribution in [0.5, 0.6) is 0 Å². The molecule has 2 heteroatoms. The number of hydrogen-bond donors (Lipinski definition) is 0. The van der Waals surface area contributed by atoms with E-state index >= 15 is 0 Å². The van der Waals surface area contributed by atoms with Gasteiger partial charge in [0, 0.05) is 6.21 Å². The second-order valence-corrected chi connectivity index (χ2v) is 4.33. The fraction of sp³-hybridized carbons (Fsp3) is 0.263. The Kier molecular flexibility index (Phi) is 7.73. The first kappa shape index (κ1) is 16.8. The van der Waals surface area contributed by atoms with Gasteiger partial charge in [0.2, 0.25) is 0 Å². The van der Waals surface area contributed by atoms with E-state index in [1.54, 1.807) is 0 Å². The second kappa shape index (κ2) is 9.65. The molecule has 1 aliphatic rings. The molecule has 0 spiro atoms. The summed E-state index contributed by atoms with van der Waals surface area (Å²) in [4.78, 5) is 8.95. The molecular formula is C19H24N2. The molecule has 0 bridgehead atoms. The standard InChI is InChI=1S/C17H18N2.C2H6/c1-3-17(16-11-7-8-12-16)19-14(2)18-13-15-9-5-4-6-10-15;1-2/h3-11,13H,12H2,1-2H3;1-2H3/b17-3-,18-13?,19-14?;. The van der Waals surface area contributed by atoms with Crippen molar-refractivity contribution in [1.82, 2.24) is 0 Å². The number of aliphatic imine (C=N–C) groups is 2. The average molecular weight is 280 g/mol. The molecule has 0 fully saturated rings. The van der Waals surface area contributed by atoms with Crippen molar-refractivity contribution in [2.45, 2.75) is 34.1 Å². The van der Waals surface area contributed by atoms with Crippen molar-refractivity contribution in [3.63, 3.8) is 0 Å². The van der Waals surface area contributed by atoms with E-state index in [0.29, 0.717) is 0 Å².